The van der Waals surface area contributed by atoms with Crippen molar-refractivity contribution in [1.29, 1.82) is 0 Å². The maximum Gasteiger partial charge on any atom is 0.206 e. The predicted octanol–water partition coefficient (Wildman–Crippen LogP) is 5.14. The van der Waals surface area contributed by atoms with Crippen LogP contribution < -0.4 is 4.90 Å². The second-order valence-electron chi connectivity index (χ2n) is 7.04. The lowest BCUT2D eigenvalue weighted by molar-refractivity contribution is 0.771. The lowest BCUT2D eigenvalue weighted by Gasteiger charge is -2.20. The second kappa shape index (κ2) is 8.11. The Hall–Kier alpha value is -1.42. The molecule has 2 aromatic rings. The van der Waals surface area contributed by atoms with E-state index in [0.717, 1.165) is 30.2 Å². The SMILES string of the molecule is C=CC(C)(C)SCCn1c(N(C)C)nc2cc(CCCC)ccc21. The minimum absolute atomic E-state index is 0.113. The molecular weight excluding hydrogens is 314 g/mol. The van der Waals surface area contributed by atoms with Crippen molar-refractivity contribution >= 4 is 28.7 Å². The summed E-state index contributed by atoms with van der Waals surface area (Å²) >= 11 is 1.93. The van der Waals surface area contributed by atoms with E-state index in [2.05, 4.69) is 69.1 Å². The molecule has 3 nitrogen and oxygen atoms in total. The Morgan fingerprint density at radius 2 is 2.08 bits per heavy atom. The van der Waals surface area contributed by atoms with Crippen molar-refractivity contribution in [3.05, 3.63) is 36.4 Å². The zero-order valence-electron chi connectivity index (χ0n) is 15.8. The number of hydrogen-bond acceptors (Lipinski definition) is 3. The highest BCUT2D eigenvalue weighted by Gasteiger charge is 2.16. The fraction of sp³-hybridized carbons (Fsp3) is 0.550. The van der Waals surface area contributed by atoms with E-state index >= 15 is 0 Å². The van der Waals surface area contributed by atoms with Gasteiger partial charge in [-0.25, -0.2) is 4.98 Å². The Kier molecular flexibility index (Phi) is 6.39. The van der Waals surface area contributed by atoms with Crippen LogP contribution in [0.2, 0.25) is 0 Å². The highest BCUT2D eigenvalue weighted by molar-refractivity contribution is 8.00. The van der Waals surface area contributed by atoms with Crippen LogP contribution in [0.15, 0.2) is 30.9 Å². The normalized spacial score (nSPS) is 11.9. The van der Waals surface area contributed by atoms with E-state index in [1.54, 1.807) is 0 Å². The molecule has 132 valence electrons. The molecule has 1 aromatic carbocycles. The summed E-state index contributed by atoms with van der Waals surface area (Å²) in [6.45, 7) is 11.5. The first kappa shape index (κ1) is 18.9. The summed E-state index contributed by atoms with van der Waals surface area (Å²) in [4.78, 5) is 6.98. The summed E-state index contributed by atoms with van der Waals surface area (Å²) in [5.41, 5.74) is 3.73. The van der Waals surface area contributed by atoms with E-state index < -0.39 is 0 Å². The van der Waals surface area contributed by atoms with E-state index in [0.29, 0.717) is 0 Å². The Labute approximate surface area is 151 Å². The zero-order valence-corrected chi connectivity index (χ0v) is 16.6. The first-order valence-electron chi connectivity index (χ1n) is 8.82. The molecule has 0 amide bonds. The molecule has 4 heteroatoms. The highest BCUT2D eigenvalue weighted by Crippen LogP contribution is 2.28. The molecule has 1 aromatic heterocycles. The van der Waals surface area contributed by atoms with Gasteiger partial charge in [0.15, 0.2) is 0 Å². The summed E-state index contributed by atoms with van der Waals surface area (Å²) in [5.74, 6) is 2.08. The lowest BCUT2D eigenvalue weighted by atomic mass is 10.1. The summed E-state index contributed by atoms with van der Waals surface area (Å²) < 4.78 is 2.45. The first-order chi connectivity index (χ1) is 11.4. The van der Waals surface area contributed by atoms with Gasteiger partial charge in [0.2, 0.25) is 5.95 Å². The van der Waals surface area contributed by atoms with Gasteiger partial charge in [-0.2, -0.15) is 0 Å². The highest BCUT2D eigenvalue weighted by atomic mass is 32.2. The smallest absolute Gasteiger partial charge is 0.206 e. The average molecular weight is 346 g/mol. The number of aryl methyl sites for hydroxylation is 2. The topological polar surface area (TPSA) is 21.1 Å². The molecule has 0 fully saturated rings. The summed E-state index contributed by atoms with van der Waals surface area (Å²) in [7, 11) is 4.13. The zero-order chi connectivity index (χ0) is 17.7. The largest absolute Gasteiger partial charge is 0.348 e. The monoisotopic (exact) mass is 345 g/mol. The molecule has 0 aliphatic carbocycles. The second-order valence-corrected chi connectivity index (χ2v) is 8.79. The van der Waals surface area contributed by atoms with Gasteiger partial charge in [0.1, 0.15) is 0 Å². The third-order valence-electron chi connectivity index (χ3n) is 4.29. The van der Waals surface area contributed by atoms with Gasteiger partial charge >= 0.3 is 0 Å². The van der Waals surface area contributed by atoms with Gasteiger partial charge in [0.05, 0.1) is 11.0 Å². The number of hydrogen-bond donors (Lipinski definition) is 0. The molecule has 24 heavy (non-hydrogen) atoms. The van der Waals surface area contributed by atoms with Crippen molar-refractivity contribution in [2.24, 2.45) is 0 Å². The van der Waals surface area contributed by atoms with Gasteiger partial charge in [-0.05, 0) is 44.4 Å². The number of nitrogens with zero attached hydrogens (tertiary/aromatic N) is 3. The van der Waals surface area contributed by atoms with Crippen LogP contribution in [-0.4, -0.2) is 34.1 Å². The maximum absolute atomic E-state index is 4.88. The third-order valence-corrected chi connectivity index (χ3v) is 5.59. The Morgan fingerprint density at radius 1 is 1.33 bits per heavy atom. The molecule has 0 saturated carbocycles. The molecule has 0 atom stereocenters. The number of benzene rings is 1. The van der Waals surface area contributed by atoms with Crippen LogP contribution >= 0.6 is 11.8 Å². The van der Waals surface area contributed by atoms with Crippen molar-refractivity contribution in [1.82, 2.24) is 9.55 Å². The standard InChI is InChI=1S/C20H31N3S/c1-7-9-10-16-11-12-18-17(15-16)21-19(22(5)6)23(18)13-14-24-20(3,4)8-2/h8,11-12,15H,2,7,9-10,13-14H2,1,3-6H3. The molecular formula is C20H31N3S. The fourth-order valence-electron chi connectivity index (χ4n) is 2.72. The van der Waals surface area contributed by atoms with Crippen LogP contribution in [0.3, 0.4) is 0 Å². The third kappa shape index (κ3) is 4.56. The minimum atomic E-state index is 0.113. The van der Waals surface area contributed by atoms with Crippen LogP contribution in [0.1, 0.15) is 39.2 Å². The molecule has 2 rings (SSSR count). The lowest BCUT2D eigenvalue weighted by Crippen LogP contribution is -2.18. The van der Waals surface area contributed by atoms with Gasteiger partial charge in [-0.15, -0.1) is 18.3 Å². The maximum atomic E-state index is 4.88. The number of unbranched alkanes of at least 4 members (excludes halogenated alkanes) is 1. The van der Waals surface area contributed by atoms with Crippen molar-refractivity contribution in [3.63, 3.8) is 0 Å². The van der Waals surface area contributed by atoms with Crippen LogP contribution in [0.25, 0.3) is 11.0 Å². The molecule has 0 radical (unpaired) electrons. The van der Waals surface area contributed by atoms with Crippen molar-refractivity contribution in [2.75, 3.05) is 24.7 Å². The van der Waals surface area contributed by atoms with Gasteiger partial charge in [-0.1, -0.05) is 25.5 Å². The van der Waals surface area contributed by atoms with E-state index in [4.69, 9.17) is 4.98 Å². The Bertz CT molecular complexity index is 685. The molecule has 0 unspecified atom stereocenters. The molecule has 0 aliphatic rings. The summed E-state index contributed by atoms with van der Waals surface area (Å²) in [6.07, 6.45) is 5.63. The van der Waals surface area contributed by atoms with Crippen LogP contribution in [-0.2, 0) is 13.0 Å². The molecule has 0 aliphatic heterocycles. The average Bonchev–Trinajstić information content (AvgIpc) is 2.91. The van der Waals surface area contributed by atoms with Gasteiger partial charge < -0.3 is 9.47 Å². The van der Waals surface area contributed by atoms with Crippen LogP contribution in [0.4, 0.5) is 5.95 Å². The number of anilines is 1. The predicted molar refractivity (Wildman–Crippen MR) is 109 cm³/mol. The van der Waals surface area contributed by atoms with Gasteiger partial charge in [-0.3, -0.25) is 0 Å². The Morgan fingerprint density at radius 3 is 2.71 bits per heavy atom. The number of thioether (sulfide) groups is 1. The Balaban J connectivity index is 2.26. The fourth-order valence-corrected chi connectivity index (χ4v) is 3.64. The quantitative estimate of drug-likeness (QED) is 0.587. The summed E-state index contributed by atoms with van der Waals surface area (Å²) in [6, 6.07) is 6.76. The van der Waals surface area contributed by atoms with Crippen molar-refractivity contribution < 1.29 is 0 Å². The minimum Gasteiger partial charge on any atom is -0.348 e. The molecule has 0 spiro atoms. The van der Waals surface area contributed by atoms with Gasteiger partial charge in [0.25, 0.3) is 0 Å². The number of rotatable bonds is 9. The van der Waals surface area contributed by atoms with E-state index in [-0.39, 0.29) is 4.75 Å². The number of fused-ring (bicyclic) bond motifs is 1. The van der Waals surface area contributed by atoms with E-state index in [1.165, 1.54) is 23.9 Å². The van der Waals surface area contributed by atoms with Gasteiger partial charge in [0, 0.05) is 31.1 Å². The molecule has 0 N–H and O–H groups in total. The van der Waals surface area contributed by atoms with E-state index in [9.17, 15) is 0 Å². The van der Waals surface area contributed by atoms with E-state index in [1.807, 2.05) is 17.8 Å². The summed E-state index contributed by atoms with van der Waals surface area (Å²) in [5, 5.41) is 0. The van der Waals surface area contributed by atoms with Crippen LogP contribution in [0.5, 0.6) is 0 Å². The first-order valence-corrected chi connectivity index (χ1v) is 9.80. The molecule has 1 heterocycles. The molecule has 0 bridgehead atoms. The van der Waals surface area contributed by atoms with Crippen LogP contribution in [0, 0.1) is 0 Å². The van der Waals surface area contributed by atoms with Crippen molar-refractivity contribution in [3.8, 4) is 0 Å². The van der Waals surface area contributed by atoms with Crippen molar-refractivity contribution in [2.45, 2.75) is 51.3 Å². The molecule has 0 saturated heterocycles. The number of aromatic nitrogens is 2. The number of imidazole rings is 1.